The Morgan fingerprint density at radius 1 is 1.20 bits per heavy atom. The lowest BCUT2D eigenvalue weighted by Crippen LogP contribution is -1.98. The number of aliphatic hydroxyl groups excluding tert-OH is 1. The average molecular weight is 214 g/mol. The summed E-state index contributed by atoms with van der Waals surface area (Å²) in [6.45, 7) is 1.81. The van der Waals surface area contributed by atoms with Gasteiger partial charge < -0.3 is 10.2 Å². The van der Waals surface area contributed by atoms with Crippen LogP contribution in [0.4, 0.5) is 0 Å². The van der Waals surface area contributed by atoms with Gasteiger partial charge in [-0.15, -0.1) is 0 Å². The molecule has 88 valence electrons. The molecular weight excluding hydrogens is 192 g/mol. The van der Waals surface area contributed by atoms with Crippen LogP contribution in [0.5, 0.6) is 0 Å². The molecule has 0 bridgehead atoms. The van der Waals surface area contributed by atoms with E-state index in [2.05, 4.69) is 0 Å². The van der Waals surface area contributed by atoms with Crippen LogP contribution < -0.4 is 0 Å². The molecule has 15 heavy (non-hydrogen) atoms. The maximum atomic E-state index is 10.2. The van der Waals surface area contributed by atoms with E-state index in [1.807, 2.05) is 13.0 Å². The van der Waals surface area contributed by atoms with Crippen molar-refractivity contribution in [2.24, 2.45) is 0 Å². The first kappa shape index (κ1) is 14.2. The lowest BCUT2D eigenvalue weighted by molar-refractivity contribution is -0.136. The zero-order chi connectivity index (χ0) is 11.5. The lowest BCUT2D eigenvalue weighted by Gasteiger charge is -2.02. The van der Waals surface area contributed by atoms with E-state index < -0.39 is 5.97 Å². The highest BCUT2D eigenvalue weighted by Gasteiger charge is 1.94. The molecule has 3 heteroatoms. The number of hydrogen-bond donors (Lipinski definition) is 2. The van der Waals surface area contributed by atoms with Crippen molar-refractivity contribution in [1.82, 2.24) is 0 Å². The zero-order valence-electron chi connectivity index (χ0n) is 9.48. The van der Waals surface area contributed by atoms with Crippen molar-refractivity contribution in [1.29, 1.82) is 0 Å². The van der Waals surface area contributed by atoms with Gasteiger partial charge in [0.05, 0.1) is 12.5 Å². The Bertz CT molecular complexity index is 185. The second-order valence-corrected chi connectivity index (χ2v) is 3.91. The summed E-state index contributed by atoms with van der Waals surface area (Å²) in [7, 11) is 0. The van der Waals surface area contributed by atoms with Crippen LogP contribution in [0.15, 0.2) is 12.2 Å². The van der Waals surface area contributed by atoms with Gasteiger partial charge in [0, 0.05) is 0 Å². The fourth-order valence-corrected chi connectivity index (χ4v) is 1.36. The predicted molar refractivity (Wildman–Crippen MR) is 60.8 cm³/mol. The normalized spacial score (nSPS) is 13.2. The fraction of sp³-hybridized carbons (Fsp3) is 0.750. The van der Waals surface area contributed by atoms with Crippen molar-refractivity contribution >= 4 is 5.97 Å². The van der Waals surface area contributed by atoms with E-state index in [0.29, 0.717) is 0 Å². The minimum atomic E-state index is -0.775. The maximum Gasteiger partial charge on any atom is 0.307 e. The summed E-state index contributed by atoms with van der Waals surface area (Å²) in [5.41, 5.74) is 0. The van der Waals surface area contributed by atoms with Crippen molar-refractivity contribution in [3.05, 3.63) is 12.2 Å². The standard InChI is InChI=1S/C12H22O3/c1-11(13)9-7-5-3-2-4-6-8-10-12(14)15/h6,8,11,13H,2-5,7,9-10H2,1H3,(H,14,15). The lowest BCUT2D eigenvalue weighted by atomic mass is 10.1. The van der Waals surface area contributed by atoms with E-state index in [9.17, 15) is 4.79 Å². The smallest absolute Gasteiger partial charge is 0.307 e. The van der Waals surface area contributed by atoms with Crippen molar-refractivity contribution in [2.75, 3.05) is 0 Å². The van der Waals surface area contributed by atoms with E-state index in [-0.39, 0.29) is 12.5 Å². The van der Waals surface area contributed by atoms with Crippen LogP contribution in [-0.4, -0.2) is 22.3 Å². The molecule has 0 aliphatic rings. The minimum Gasteiger partial charge on any atom is -0.481 e. The molecule has 0 fully saturated rings. The van der Waals surface area contributed by atoms with E-state index in [0.717, 1.165) is 38.5 Å². The van der Waals surface area contributed by atoms with Crippen molar-refractivity contribution in [2.45, 2.75) is 58.0 Å². The van der Waals surface area contributed by atoms with Crippen LogP contribution in [0.1, 0.15) is 51.9 Å². The molecule has 0 aliphatic heterocycles. The molecule has 0 spiro atoms. The Kier molecular flexibility index (Phi) is 9.18. The largest absolute Gasteiger partial charge is 0.481 e. The second kappa shape index (κ2) is 9.71. The van der Waals surface area contributed by atoms with Crippen LogP contribution in [0.3, 0.4) is 0 Å². The number of carboxylic acids is 1. The molecule has 0 aromatic carbocycles. The van der Waals surface area contributed by atoms with Gasteiger partial charge in [-0.2, -0.15) is 0 Å². The van der Waals surface area contributed by atoms with Crippen molar-refractivity contribution in [3.8, 4) is 0 Å². The summed E-state index contributed by atoms with van der Waals surface area (Å²) in [5.74, 6) is -0.775. The minimum absolute atomic E-state index is 0.127. The molecule has 1 atom stereocenters. The molecule has 0 amide bonds. The fourth-order valence-electron chi connectivity index (χ4n) is 1.36. The number of rotatable bonds is 9. The van der Waals surface area contributed by atoms with Gasteiger partial charge in [-0.1, -0.05) is 31.4 Å². The third-order valence-electron chi connectivity index (χ3n) is 2.20. The number of unbranched alkanes of at least 4 members (excludes halogenated alkanes) is 4. The Morgan fingerprint density at radius 2 is 1.87 bits per heavy atom. The monoisotopic (exact) mass is 214 g/mol. The van der Waals surface area contributed by atoms with Gasteiger partial charge >= 0.3 is 5.97 Å². The highest BCUT2D eigenvalue weighted by atomic mass is 16.4. The second-order valence-electron chi connectivity index (χ2n) is 3.91. The molecule has 0 aromatic rings. The summed E-state index contributed by atoms with van der Waals surface area (Å²) in [5, 5.41) is 17.4. The van der Waals surface area contributed by atoms with Crippen LogP contribution in [0, 0.1) is 0 Å². The summed E-state index contributed by atoms with van der Waals surface area (Å²) in [4.78, 5) is 10.2. The number of aliphatic hydroxyl groups is 1. The number of aliphatic carboxylic acids is 1. The van der Waals surface area contributed by atoms with Crippen LogP contribution in [-0.2, 0) is 4.79 Å². The van der Waals surface area contributed by atoms with E-state index in [1.54, 1.807) is 6.08 Å². The first-order valence-corrected chi connectivity index (χ1v) is 5.67. The highest BCUT2D eigenvalue weighted by Crippen LogP contribution is 2.07. The van der Waals surface area contributed by atoms with Gasteiger partial charge in [0.25, 0.3) is 0 Å². The van der Waals surface area contributed by atoms with Gasteiger partial charge in [0.2, 0.25) is 0 Å². The van der Waals surface area contributed by atoms with Crippen LogP contribution in [0.2, 0.25) is 0 Å². The average Bonchev–Trinajstić information content (AvgIpc) is 2.14. The molecule has 0 aromatic heterocycles. The molecular formula is C12H22O3. The molecule has 0 radical (unpaired) electrons. The van der Waals surface area contributed by atoms with Gasteiger partial charge in [0.15, 0.2) is 0 Å². The molecule has 0 aliphatic carbocycles. The summed E-state index contributed by atoms with van der Waals surface area (Å²) in [6, 6.07) is 0. The number of carboxylic acid groups (broad SMARTS) is 1. The van der Waals surface area contributed by atoms with Crippen molar-refractivity contribution in [3.63, 3.8) is 0 Å². The highest BCUT2D eigenvalue weighted by molar-refractivity contribution is 5.68. The predicted octanol–water partition coefficient (Wildman–Crippen LogP) is 2.74. The molecule has 1 unspecified atom stereocenters. The van der Waals surface area contributed by atoms with Gasteiger partial charge in [-0.3, -0.25) is 4.79 Å². The quantitative estimate of drug-likeness (QED) is 0.458. The molecule has 0 saturated carbocycles. The zero-order valence-corrected chi connectivity index (χ0v) is 9.48. The summed E-state index contributed by atoms with van der Waals surface area (Å²) < 4.78 is 0. The molecule has 0 rings (SSSR count). The Balaban J connectivity index is 3.11. The SMILES string of the molecule is CC(O)CCCCCCC=CCC(=O)O. The molecule has 2 N–H and O–H groups in total. The third-order valence-corrected chi connectivity index (χ3v) is 2.20. The summed E-state index contributed by atoms with van der Waals surface area (Å²) >= 11 is 0. The maximum absolute atomic E-state index is 10.2. The Morgan fingerprint density at radius 3 is 2.47 bits per heavy atom. The van der Waals surface area contributed by atoms with E-state index in [4.69, 9.17) is 10.2 Å². The van der Waals surface area contributed by atoms with E-state index in [1.165, 1.54) is 0 Å². The first-order valence-electron chi connectivity index (χ1n) is 5.67. The Labute approximate surface area is 91.8 Å². The van der Waals surface area contributed by atoms with Gasteiger partial charge in [0.1, 0.15) is 0 Å². The Hall–Kier alpha value is -0.830. The van der Waals surface area contributed by atoms with Crippen LogP contribution in [0.25, 0.3) is 0 Å². The topological polar surface area (TPSA) is 57.5 Å². The number of carbonyl (C=O) groups is 1. The third kappa shape index (κ3) is 13.2. The van der Waals surface area contributed by atoms with Crippen LogP contribution >= 0.6 is 0 Å². The number of allylic oxidation sites excluding steroid dienone is 1. The first-order chi connectivity index (χ1) is 7.13. The molecule has 0 heterocycles. The summed E-state index contributed by atoms with van der Waals surface area (Å²) in [6.07, 6.45) is 9.93. The van der Waals surface area contributed by atoms with Crippen molar-refractivity contribution < 1.29 is 15.0 Å². The van der Waals surface area contributed by atoms with Gasteiger partial charge in [-0.25, -0.2) is 0 Å². The van der Waals surface area contributed by atoms with Gasteiger partial charge in [-0.05, 0) is 26.2 Å². The molecule has 0 saturated heterocycles. The van der Waals surface area contributed by atoms with E-state index >= 15 is 0 Å². The number of hydrogen-bond acceptors (Lipinski definition) is 2. The molecule has 3 nitrogen and oxygen atoms in total.